The molecule has 152 valence electrons. The summed E-state index contributed by atoms with van der Waals surface area (Å²) < 4.78 is 11.1. The molecule has 0 bridgehead atoms. The van der Waals surface area contributed by atoms with Crippen LogP contribution in [0.4, 0.5) is 0 Å². The zero-order valence-corrected chi connectivity index (χ0v) is 17.3. The standard InChI is InChI=1S/C23H20ClN3O3/c1-15(29-20-12-9-16-5-3-4-6-18(16)13-20)23(28)27(2)14-21-25-22(26-30-21)17-7-10-19(24)11-8-17/h3-13,15H,14H2,1-2H3/t15-/m0/s1. The van der Waals surface area contributed by atoms with Crippen LogP contribution in [0.15, 0.2) is 71.3 Å². The summed E-state index contributed by atoms with van der Waals surface area (Å²) in [6.07, 6.45) is -0.658. The number of carbonyl (C=O) groups excluding carboxylic acids is 1. The van der Waals surface area contributed by atoms with Crippen molar-refractivity contribution in [3.63, 3.8) is 0 Å². The maximum Gasteiger partial charge on any atom is 0.263 e. The second kappa shape index (κ2) is 8.55. The highest BCUT2D eigenvalue weighted by atomic mass is 35.5. The second-order valence-corrected chi connectivity index (χ2v) is 7.42. The van der Waals surface area contributed by atoms with Gasteiger partial charge >= 0.3 is 0 Å². The van der Waals surface area contributed by atoms with Gasteiger partial charge < -0.3 is 14.2 Å². The monoisotopic (exact) mass is 421 g/mol. The number of carbonyl (C=O) groups is 1. The van der Waals surface area contributed by atoms with Crippen LogP contribution in [-0.4, -0.2) is 34.1 Å². The minimum Gasteiger partial charge on any atom is -0.481 e. The van der Waals surface area contributed by atoms with E-state index in [4.69, 9.17) is 20.9 Å². The Labute approximate surface area is 179 Å². The fourth-order valence-electron chi connectivity index (χ4n) is 3.12. The van der Waals surface area contributed by atoms with Gasteiger partial charge in [0.05, 0.1) is 6.54 Å². The summed E-state index contributed by atoms with van der Waals surface area (Å²) in [4.78, 5) is 18.6. The van der Waals surface area contributed by atoms with Crippen molar-refractivity contribution in [2.24, 2.45) is 0 Å². The first kappa shape index (κ1) is 19.9. The van der Waals surface area contributed by atoms with Crippen molar-refractivity contribution in [2.75, 3.05) is 7.05 Å². The molecule has 0 unspecified atom stereocenters. The van der Waals surface area contributed by atoms with Crippen LogP contribution in [0.3, 0.4) is 0 Å². The molecule has 0 saturated carbocycles. The van der Waals surface area contributed by atoms with Crippen LogP contribution in [0, 0.1) is 0 Å². The van der Waals surface area contributed by atoms with Gasteiger partial charge in [-0.2, -0.15) is 4.98 Å². The summed E-state index contributed by atoms with van der Waals surface area (Å²) in [5, 5.41) is 6.78. The molecular weight excluding hydrogens is 402 g/mol. The molecule has 0 aliphatic carbocycles. The molecule has 4 aromatic rings. The molecule has 0 radical (unpaired) electrons. The van der Waals surface area contributed by atoms with Crippen molar-refractivity contribution in [3.05, 3.63) is 77.6 Å². The first-order valence-electron chi connectivity index (χ1n) is 9.48. The Balaban J connectivity index is 1.39. The summed E-state index contributed by atoms with van der Waals surface area (Å²) in [6, 6.07) is 20.9. The third-order valence-electron chi connectivity index (χ3n) is 4.70. The van der Waals surface area contributed by atoms with Gasteiger partial charge in [-0.1, -0.05) is 47.1 Å². The molecule has 1 amide bonds. The van der Waals surface area contributed by atoms with E-state index in [0.29, 0.717) is 22.5 Å². The van der Waals surface area contributed by atoms with Crippen LogP contribution < -0.4 is 4.74 Å². The number of ether oxygens (including phenoxy) is 1. The largest absolute Gasteiger partial charge is 0.481 e. The van der Waals surface area contributed by atoms with Crippen LogP contribution >= 0.6 is 11.6 Å². The molecule has 1 heterocycles. The van der Waals surface area contributed by atoms with Gasteiger partial charge in [0.25, 0.3) is 5.91 Å². The number of halogens is 1. The first-order chi connectivity index (χ1) is 14.5. The number of fused-ring (bicyclic) bond motifs is 1. The Hall–Kier alpha value is -3.38. The highest BCUT2D eigenvalue weighted by molar-refractivity contribution is 6.30. The summed E-state index contributed by atoms with van der Waals surface area (Å²) in [5.74, 6) is 1.25. The van der Waals surface area contributed by atoms with Crippen molar-refractivity contribution in [1.82, 2.24) is 15.0 Å². The number of nitrogens with zero attached hydrogens (tertiary/aromatic N) is 3. The highest BCUT2D eigenvalue weighted by Crippen LogP contribution is 2.22. The Bertz CT molecular complexity index is 1170. The van der Waals surface area contributed by atoms with E-state index in [-0.39, 0.29) is 12.5 Å². The predicted octanol–water partition coefficient (Wildman–Crippen LogP) is 4.97. The number of likely N-dealkylation sites (N-methyl/N-ethyl adjacent to an activating group) is 1. The summed E-state index contributed by atoms with van der Waals surface area (Å²) in [5.41, 5.74) is 0.788. The summed E-state index contributed by atoms with van der Waals surface area (Å²) in [7, 11) is 1.68. The van der Waals surface area contributed by atoms with E-state index >= 15 is 0 Å². The SMILES string of the molecule is C[C@H](Oc1ccc2ccccc2c1)C(=O)N(C)Cc1nc(-c2ccc(Cl)cc2)no1. The number of benzene rings is 3. The number of amides is 1. The number of aromatic nitrogens is 2. The van der Waals surface area contributed by atoms with E-state index in [0.717, 1.165) is 16.3 Å². The van der Waals surface area contributed by atoms with Gasteiger partial charge in [-0.25, -0.2) is 0 Å². The summed E-state index contributed by atoms with van der Waals surface area (Å²) >= 11 is 5.90. The van der Waals surface area contributed by atoms with E-state index in [2.05, 4.69) is 10.1 Å². The molecular formula is C23H20ClN3O3. The summed E-state index contributed by atoms with van der Waals surface area (Å²) in [6.45, 7) is 1.91. The van der Waals surface area contributed by atoms with E-state index in [1.165, 1.54) is 4.90 Å². The fraction of sp³-hybridized carbons (Fsp3) is 0.174. The molecule has 4 rings (SSSR count). The molecule has 3 aromatic carbocycles. The average molecular weight is 422 g/mol. The van der Waals surface area contributed by atoms with Gasteiger partial charge in [-0.3, -0.25) is 4.79 Å². The molecule has 1 atom stereocenters. The number of hydrogen-bond acceptors (Lipinski definition) is 5. The average Bonchev–Trinajstić information content (AvgIpc) is 3.22. The van der Waals surface area contributed by atoms with E-state index < -0.39 is 6.10 Å². The van der Waals surface area contributed by atoms with Crippen molar-refractivity contribution < 1.29 is 14.1 Å². The molecule has 1 aromatic heterocycles. The molecule has 0 aliphatic rings. The third kappa shape index (κ3) is 4.44. The van der Waals surface area contributed by atoms with Crippen molar-refractivity contribution in [2.45, 2.75) is 19.6 Å². The van der Waals surface area contributed by atoms with E-state index in [1.54, 1.807) is 26.1 Å². The van der Waals surface area contributed by atoms with Gasteiger partial charge in [-0.05, 0) is 54.1 Å². The molecule has 30 heavy (non-hydrogen) atoms. The number of hydrogen-bond donors (Lipinski definition) is 0. The van der Waals surface area contributed by atoms with Crippen molar-refractivity contribution in [3.8, 4) is 17.1 Å². The van der Waals surface area contributed by atoms with E-state index in [9.17, 15) is 4.79 Å². The van der Waals surface area contributed by atoms with Crippen molar-refractivity contribution >= 4 is 28.3 Å². The molecule has 0 aliphatic heterocycles. The van der Waals surface area contributed by atoms with Gasteiger partial charge in [-0.15, -0.1) is 0 Å². The Morgan fingerprint density at radius 1 is 1.10 bits per heavy atom. The molecule has 0 N–H and O–H groups in total. The topological polar surface area (TPSA) is 68.5 Å². The lowest BCUT2D eigenvalue weighted by molar-refractivity contribution is -0.137. The highest BCUT2D eigenvalue weighted by Gasteiger charge is 2.21. The maximum absolute atomic E-state index is 12.7. The third-order valence-corrected chi connectivity index (χ3v) is 4.95. The lowest BCUT2D eigenvalue weighted by Crippen LogP contribution is -2.37. The Kier molecular flexibility index (Phi) is 5.68. The van der Waals surface area contributed by atoms with Crippen LogP contribution in [0.1, 0.15) is 12.8 Å². The fourth-order valence-corrected chi connectivity index (χ4v) is 3.25. The molecule has 0 fully saturated rings. The molecule has 0 spiro atoms. The second-order valence-electron chi connectivity index (χ2n) is 6.98. The minimum absolute atomic E-state index is 0.185. The lowest BCUT2D eigenvalue weighted by Gasteiger charge is -2.21. The number of rotatable bonds is 6. The Morgan fingerprint density at radius 3 is 2.60 bits per heavy atom. The zero-order chi connectivity index (χ0) is 21.1. The first-order valence-corrected chi connectivity index (χ1v) is 9.86. The van der Waals surface area contributed by atoms with Crippen molar-refractivity contribution in [1.29, 1.82) is 0 Å². The smallest absolute Gasteiger partial charge is 0.263 e. The van der Waals surface area contributed by atoms with E-state index in [1.807, 2.05) is 54.6 Å². The van der Waals surface area contributed by atoms with Crippen LogP contribution in [0.5, 0.6) is 5.75 Å². The maximum atomic E-state index is 12.7. The zero-order valence-electron chi connectivity index (χ0n) is 16.6. The normalized spacial score (nSPS) is 12.0. The van der Waals surface area contributed by atoms with Crippen LogP contribution in [0.25, 0.3) is 22.2 Å². The lowest BCUT2D eigenvalue weighted by atomic mass is 10.1. The Morgan fingerprint density at radius 2 is 1.83 bits per heavy atom. The van der Waals surface area contributed by atoms with Gasteiger partial charge in [0, 0.05) is 17.6 Å². The van der Waals surface area contributed by atoms with Gasteiger partial charge in [0.15, 0.2) is 6.10 Å². The van der Waals surface area contributed by atoms with Gasteiger partial charge in [0.2, 0.25) is 11.7 Å². The molecule has 6 nitrogen and oxygen atoms in total. The van der Waals surface area contributed by atoms with Crippen LogP contribution in [0.2, 0.25) is 5.02 Å². The predicted molar refractivity (Wildman–Crippen MR) is 115 cm³/mol. The minimum atomic E-state index is -0.658. The quantitative estimate of drug-likeness (QED) is 0.439. The van der Waals surface area contributed by atoms with Gasteiger partial charge in [0.1, 0.15) is 5.75 Å². The van der Waals surface area contributed by atoms with Crippen LogP contribution in [-0.2, 0) is 11.3 Å². The molecule has 7 heteroatoms. The molecule has 0 saturated heterocycles.